The molecule has 1 aromatic carbocycles. The van der Waals surface area contributed by atoms with Crippen molar-refractivity contribution in [2.24, 2.45) is 5.41 Å². The second-order valence-electron chi connectivity index (χ2n) is 5.31. The molecule has 0 radical (unpaired) electrons. The van der Waals surface area contributed by atoms with Gasteiger partial charge in [0, 0.05) is 0 Å². The van der Waals surface area contributed by atoms with E-state index < -0.39 is 6.10 Å². The van der Waals surface area contributed by atoms with Crippen LogP contribution in [0.3, 0.4) is 0 Å². The van der Waals surface area contributed by atoms with E-state index in [2.05, 4.69) is 6.07 Å². The van der Waals surface area contributed by atoms with Crippen LogP contribution in [0.2, 0.25) is 5.02 Å². The summed E-state index contributed by atoms with van der Waals surface area (Å²) < 4.78 is 5.59. The molecule has 0 saturated carbocycles. The van der Waals surface area contributed by atoms with Crippen LogP contribution in [-0.4, -0.2) is 11.7 Å². The van der Waals surface area contributed by atoms with E-state index in [1.807, 2.05) is 13.8 Å². The van der Waals surface area contributed by atoms with Gasteiger partial charge in [0.05, 0.1) is 29.2 Å². The molecule has 0 saturated heterocycles. The molecule has 0 spiro atoms. The van der Waals surface area contributed by atoms with Gasteiger partial charge >= 0.3 is 0 Å². The molecule has 1 N–H and O–H groups in total. The lowest BCUT2D eigenvalue weighted by molar-refractivity contribution is 0.199. The number of nitrogens with zero attached hydrogens (tertiary/aromatic N) is 1. The van der Waals surface area contributed by atoms with Crippen LogP contribution in [-0.2, 0) is 0 Å². The molecule has 1 rings (SSSR count). The number of benzene rings is 1. The van der Waals surface area contributed by atoms with Crippen molar-refractivity contribution in [1.29, 1.82) is 5.26 Å². The smallest absolute Gasteiger partial charge is 0.137 e. The van der Waals surface area contributed by atoms with Crippen molar-refractivity contribution in [2.45, 2.75) is 39.7 Å². The maximum Gasteiger partial charge on any atom is 0.137 e. The highest BCUT2D eigenvalue weighted by molar-refractivity contribution is 6.32. The standard InChI is InChI=1S/C15H20ClNO2/c1-11(18)12-5-6-14(13(16)9-12)19-8-4-7-15(2,3)10-17/h5-6,9,11,18H,4,7-8H2,1-3H3/t11-/m0/s1. The normalized spacial score (nSPS) is 12.8. The Kier molecular flexibility index (Phi) is 5.65. The molecular weight excluding hydrogens is 262 g/mol. The zero-order chi connectivity index (χ0) is 14.5. The van der Waals surface area contributed by atoms with Gasteiger partial charge in [0.2, 0.25) is 0 Å². The fourth-order valence-corrected chi connectivity index (χ4v) is 1.89. The number of ether oxygens (including phenoxy) is 1. The SMILES string of the molecule is C[C@H](O)c1ccc(OCCCC(C)(C)C#N)c(Cl)c1. The van der Waals surface area contributed by atoms with E-state index in [0.717, 1.165) is 18.4 Å². The van der Waals surface area contributed by atoms with Crippen LogP contribution in [0.5, 0.6) is 5.75 Å². The average Bonchev–Trinajstić information content (AvgIpc) is 2.36. The Bertz CT molecular complexity index is 464. The fourth-order valence-electron chi connectivity index (χ4n) is 1.65. The number of hydrogen-bond donors (Lipinski definition) is 1. The molecule has 0 aliphatic heterocycles. The Morgan fingerprint density at radius 3 is 2.68 bits per heavy atom. The van der Waals surface area contributed by atoms with Crippen molar-refractivity contribution in [3.8, 4) is 11.8 Å². The average molecular weight is 282 g/mol. The van der Waals surface area contributed by atoms with E-state index in [0.29, 0.717) is 17.4 Å². The summed E-state index contributed by atoms with van der Waals surface area (Å²) in [6.07, 6.45) is 1.05. The van der Waals surface area contributed by atoms with Gasteiger partial charge in [-0.2, -0.15) is 5.26 Å². The van der Waals surface area contributed by atoms with Crippen molar-refractivity contribution >= 4 is 11.6 Å². The van der Waals surface area contributed by atoms with Gasteiger partial charge in [-0.1, -0.05) is 17.7 Å². The molecule has 1 aromatic rings. The van der Waals surface area contributed by atoms with Crippen LogP contribution in [0, 0.1) is 16.7 Å². The predicted molar refractivity (Wildman–Crippen MR) is 76.2 cm³/mol. The highest BCUT2D eigenvalue weighted by Crippen LogP contribution is 2.28. The minimum atomic E-state index is -0.539. The first-order valence-corrected chi connectivity index (χ1v) is 6.75. The van der Waals surface area contributed by atoms with Crippen molar-refractivity contribution in [1.82, 2.24) is 0 Å². The zero-order valence-corrected chi connectivity index (χ0v) is 12.4. The molecule has 0 amide bonds. The Balaban J connectivity index is 2.49. The maximum atomic E-state index is 9.44. The fraction of sp³-hybridized carbons (Fsp3) is 0.533. The van der Waals surface area contributed by atoms with Gasteiger partial charge in [0.15, 0.2) is 0 Å². The maximum absolute atomic E-state index is 9.44. The molecule has 0 aliphatic carbocycles. The second-order valence-corrected chi connectivity index (χ2v) is 5.72. The van der Waals surface area contributed by atoms with E-state index in [1.54, 1.807) is 25.1 Å². The lowest BCUT2D eigenvalue weighted by Gasteiger charge is -2.15. The summed E-state index contributed by atoms with van der Waals surface area (Å²) in [6.45, 7) is 6.05. The van der Waals surface area contributed by atoms with E-state index in [-0.39, 0.29) is 5.41 Å². The van der Waals surface area contributed by atoms with Gasteiger partial charge in [-0.05, 0) is 51.3 Å². The molecule has 0 bridgehead atoms. The summed E-state index contributed by atoms with van der Waals surface area (Å²) in [5.41, 5.74) is 0.450. The third kappa shape index (κ3) is 5.10. The van der Waals surface area contributed by atoms with Gasteiger partial charge < -0.3 is 9.84 Å². The van der Waals surface area contributed by atoms with E-state index in [1.165, 1.54) is 0 Å². The Labute approximate surface area is 119 Å². The lowest BCUT2D eigenvalue weighted by atomic mass is 9.90. The van der Waals surface area contributed by atoms with Crippen LogP contribution in [0.4, 0.5) is 0 Å². The van der Waals surface area contributed by atoms with Crippen LogP contribution in [0.1, 0.15) is 45.3 Å². The summed E-state index contributed by atoms with van der Waals surface area (Å²) in [5.74, 6) is 0.612. The largest absolute Gasteiger partial charge is 0.492 e. The minimum Gasteiger partial charge on any atom is -0.492 e. The third-order valence-electron chi connectivity index (χ3n) is 2.94. The number of aliphatic hydroxyl groups excluding tert-OH is 1. The molecular formula is C15H20ClNO2. The van der Waals surface area contributed by atoms with Crippen molar-refractivity contribution in [2.75, 3.05) is 6.61 Å². The molecule has 1 atom stereocenters. The van der Waals surface area contributed by atoms with Gasteiger partial charge in [-0.15, -0.1) is 0 Å². The van der Waals surface area contributed by atoms with Crippen molar-refractivity contribution in [3.05, 3.63) is 28.8 Å². The van der Waals surface area contributed by atoms with Gasteiger partial charge in [-0.25, -0.2) is 0 Å². The quantitative estimate of drug-likeness (QED) is 0.799. The summed E-state index contributed by atoms with van der Waals surface area (Å²) in [6, 6.07) is 7.53. The van der Waals surface area contributed by atoms with Crippen LogP contribution in [0.15, 0.2) is 18.2 Å². The summed E-state index contributed by atoms with van der Waals surface area (Å²) in [5, 5.41) is 18.8. The first-order chi connectivity index (χ1) is 8.85. The number of aliphatic hydroxyl groups is 1. The highest BCUT2D eigenvalue weighted by atomic mass is 35.5. The van der Waals surface area contributed by atoms with Gasteiger partial charge in [0.1, 0.15) is 5.75 Å². The van der Waals surface area contributed by atoms with E-state index in [9.17, 15) is 5.11 Å². The number of rotatable bonds is 6. The molecule has 19 heavy (non-hydrogen) atoms. The van der Waals surface area contributed by atoms with Gasteiger partial charge in [0.25, 0.3) is 0 Å². The molecule has 0 aliphatic rings. The first-order valence-electron chi connectivity index (χ1n) is 6.37. The number of halogens is 1. The Morgan fingerprint density at radius 1 is 1.47 bits per heavy atom. The molecule has 104 valence electrons. The Morgan fingerprint density at radius 2 is 2.16 bits per heavy atom. The summed E-state index contributed by atoms with van der Waals surface area (Å²) in [4.78, 5) is 0. The van der Waals surface area contributed by atoms with Crippen LogP contribution < -0.4 is 4.74 Å². The van der Waals surface area contributed by atoms with Crippen molar-refractivity contribution < 1.29 is 9.84 Å². The molecule has 4 heteroatoms. The second kappa shape index (κ2) is 6.79. The number of hydrogen-bond acceptors (Lipinski definition) is 3. The lowest BCUT2D eigenvalue weighted by Crippen LogP contribution is -2.10. The molecule has 0 heterocycles. The monoisotopic (exact) mass is 281 g/mol. The first kappa shape index (κ1) is 15.8. The summed E-state index contributed by atoms with van der Waals surface area (Å²) in [7, 11) is 0. The van der Waals surface area contributed by atoms with E-state index >= 15 is 0 Å². The zero-order valence-electron chi connectivity index (χ0n) is 11.6. The Hall–Kier alpha value is -1.24. The van der Waals surface area contributed by atoms with Crippen LogP contribution >= 0.6 is 11.6 Å². The predicted octanol–water partition coefficient (Wildman–Crippen LogP) is 4.10. The van der Waals surface area contributed by atoms with Crippen molar-refractivity contribution in [3.63, 3.8) is 0 Å². The molecule has 0 unspecified atom stereocenters. The third-order valence-corrected chi connectivity index (χ3v) is 3.24. The van der Waals surface area contributed by atoms with Crippen LogP contribution in [0.25, 0.3) is 0 Å². The highest BCUT2D eigenvalue weighted by Gasteiger charge is 2.15. The van der Waals surface area contributed by atoms with E-state index in [4.69, 9.17) is 21.6 Å². The molecule has 0 fully saturated rings. The summed E-state index contributed by atoms with van der Waals surface area (Å²) >= 11 is 6.08. The number of nitriles is 1. The van der Waals surface area contributed by atoms with Gasteiger partial charge in [-0.3, -0.25) is 0 Å². The topological polar surface area (TPSA) is 53.2 Å². The molecule has 0 aromatic heterocycles. The minimum absolute atomic E-state index is 0.316. The molecule has 3 nitrogen and oxygen atoms in total.